The van der Waals surface area contributed by atoms with Crippen LogP contribution < -0.4 is 14.4 Å². The van der Waals surface area contributed by atoms with Gasteiger partial charge in [-0.05, 0) is 61.6 Å². The van der Waals surface area contributed by atoms with Gasteiger partial charge >= 0.3 is 0 Å². The molecule has 7 nitrogen and oxygen atoms in total. The largest absolute Gasteiger partial charge is 0.484 e. The summed E-state index contributed by atoms with van der Waals surface area (Å²) in [7, 11) is -3.69. The number of para-hydroxylation sites is 1. The molecule has 0 atom stereocenters. The van der Waals surface area contributed by atoms with Crippen molar-refractivity contribution in [3.8, 4) is 5.75 Å². The topological polar surface area (TPSA) is 95.9 Å². The SMILES string of the molecule is Cc1cc(S(=O)(=O)N2CCCc3ccccc32)ccc1OCC(=O)NCCCO. The summed E-state index contributed by atoms with van der Waals surface area (Å²) in [6.07, 6.45) is 2.13. The van der Waals surface area contributed by atoms with Crippen LogP contribution in [-0.4, -0.2) is 45.7 Å². The second-order valence-electron chi connectivity index (χ2n) is 6.95. The van der Waals surface area contributed by atoms with Gasteiger partial charge in [0, 0.05) is 19.7 Å². The third-order valence-corrected chi connectivity index (χ3v) is 6.63. The Hall–Kier alpha value is -2.58. The summed E-state index contributed by atoms with van der Waals surface area (Å²) in [6.45, 7) is 2.43. The minimum absolute atomic E-state index is 0.0116. The molecular formula is C21H26N2O5S. The lowest BCUT2D eigenvalue weighted by atomic mass is 10.0. The molecule has 1 heterocycles. The van der Waals surface area contributed by atoms with Crippen molar-refractivity contribution in [1.82, 2.24) is 5.32 Å². The third kappa shape index (κ3) is 4.89. The first-order valence-corrected chi connectivity index (χ1v) is 11.1. The van der Waals surface area contributed by atoms with Gasteiger partial charge in [0.15, 0.2) is 6.61 Å². The number of aliphatic hydroxyl groups excluding tert-OH is 1. The van der Waals surface area contributed by atoms with E-state index in [0.717, 1.165) is 24.1 Å². The number of sulfonamides is 1. The van der Waals surface area contributed by atoms with Gasteiger partial charge in [-0.2, -0.15) is 0 Å². The van der Waals surface area contributed by atoms with Crippen LogP contribution in [0.2, 0.25) is 0 Å². The molecule has 0 radical (unpaired) electrons. The van der Waals surface area contributed by atoms with Crippen molar-refractivity contribution in [2.45, 2.75) is 31.1 Å². The van der Waals surface area contributed by atoms with Crippen LogP contribution in [0.3, 0.4) is 0 Å². The Kier molecular flexibility index (Phi) is 6.76. The Bertz CT molecular complexity index is 975. The second kappa shape index (κ2) is 9.28. The lowest BCUT2D eigenvalue weighted by Gasteiger charge is -2.30. The van der Waals surface area contributed by atoms with Gasteiger partial charge in [0.05, 0.1) is 10.6 Å². The molecule has 0 bridgehead atoms. The number of anilines is 1. The van der Waals surface area contributed by atoms with Crippen LogP contribution in [0.25, 0.3) is 0 Å². The average molecular weight is 419 g/mol. The van der Waals surface area contributed by atoms with Crippen molar-refractivity contribution >= 4 is 21.6 Å². The molecule has 2 aromatic rings. The Labute approximate surface area is 171 Å². The number of carbonyl (C=O) groups is 1. The number of nitrogens with zero attached hydrogens (tertiary/aromatic N) is 1. The van der Waals surface area contributed by atoms with Crippen molar-refractivity contribution in [2.24, 2.45) is 0 Å². The van der Waals surface area contributed by atoms with Gasteiger partial charge in [-0.3, -0.25) is 9.10 Å². The first-order chi connectivity index (χ1) is 13.9. The zero-order chi connectivity index (χ0) is 20.9. The third-order valence-electron chi connectivity index (χ3n) is 4.82. The number of rotatable bonds is 8. The Morgan fingerprint density at radius 2 is 2.03 bits per heavy atom. The number of fused-ring (bicyclic) bond motifs is 1. The molecule has 2 aromatic carbocycles. The Morgan fingerprint density at radius 3 is 2.79 bits per heavy atom. The van der Waals surface area contributed by atoms with Crippen LogP contribution in [0, 0.1) is 6.92 Å². The van der Waals surface area contributed by atoms with Crippen molar-refractivity contribution in [2.75, 3.05) is 30.6 Å². The molecule has 3 rings (SSSR count). The number of nitrogens with one attached hydrogen (secondary N) is 1. The predicted octanol–water partition coefficient (Wildman–Crippen LogP) is 2.01. The molecule has 0 spiro atoms. The number of carbonyl (C=O) groups excluding carboxylic acids is 1. The highest BCUT2D eigenvalue weighted by Crippen LogP contribution is 2.33. The summed E-state index contributed by atoms with van der Waals surface area (Å²) in [6, 6.07) is 12.2. The van der Waals surface area contributed by atoms with Crippen molar-refractivity contribution < 1.29 is 23.1 Å². The van der Waals surface area contributed by atoms with Gasteiger partial charge in [0.25, 0.3) is 15.9 Å². The number of aliphatic hydroxyl groups is 1. The molecule has 0 aliphatic carbocycles. The van der Waals surface area contributed by atoms with Gasteiger partial charge < -0.3 is 15.2 Å². The summed E-state index contributed by atoms with van der Waals surface area (Å²) >= 11 is 0. The molecule has 29 heavy (non-hydrogen) atoms. The van der Waals surface area contributed by atoms with Crippen molar-refractivity contribution in [3.05, 3.63) is 53.6 Å². The van der Waals surface area contributed by atoms with E-state index in [-0.39, 0.29) is 24.0 Å². The maximum atomic E-state index is 13.2. The van der Waals surface area contributed by atoms with Gasteiger partial charge in [0.1, 0.15) is 5.75 Å². The van der Waals surface area contributed by atoms with Crippen LogP contribution in [0.1, 0.15) is 24.0 Å². The van der Waals surface area contributed by atoms with Crippen LogP contribution >= 0.6 is 0 Å². The van der Waals surface area contributed by atoms with Gasteiger partial charge in [0.2, 0.25) is 0 Å². The summed E-state index contributed by atoms with van der Waals surface area (Å²) in [5.74, 6) is 0.166. The maximum Gasteiger partial charge on any atom is 0.264 e. The fourth-order valence-electron chi connectivity index (χ4n) is 3.32. The number of hydrogen-bond acceptors (Lipinski definition) is 5. The second-order valence-corrected chi connectivity index (χ2v) is 8.81. The van der Waals surface area contributed by atoms with E-state index in [1.165, 1.54) is 10.4 Å². The number of hydrogen-bond donors (Lipinski definition) is 2. The molecule has 0 saturated heterocycles. The molecule has 0 fully saturated rings. The van der Waals surface area contributed by atoms with Gasteiger partial charge in [-0.15, -0.1) is 0 Å². The predicted molar refractivity (Wildman–Crippen MR) is 111 cm³/mol. The summed E-state index contributed by atoms with van der Waals surface area (Å²) in [5, 5.41) is 11.4. The minimum Gasteiger partial charge on any atom is -0.484 e. The fraction of sp³-hybridized carbons (Fsp3) is 0.381. The molecule has 156 valence electrons. The first kappa shape index (κ1) is 21.1. The van der Waals surface area contributed by atoms with E-state index in [1.807, 2.05) is 24.3 Å². The van der Waals surface area contributed by atoms with E-state index < -0.39 is 10.0 Å². The smallest absolute Gasteiger partial charge is 0.264 e. The highest BCUT2D eigenvalue weighted by molar-refractivity contribution is 7.92. The highest BCUT2D eigenvalue weighted by atomic mass is 32.2. The molecule has 8 heteroatoms. The number of amides is 1. The van der Waals surface area contributed by atoms with Gasteiger partial charge in [-0.25, -0.2) is 8.42 Å². The quantitative estimate of drug-likeness (QED) is 0.640. The molecule has 2 N–H and O–H groups in total. The van der Waals surface area contributed by atoms with Gasteiger partial charge in [-0.1, -0.05) is 18.2 Å². The van der Waals surface area contributed by atoms with E-state index in [2.05, 4.69) is 5.32 Å². The molecule has 1 amide bonds. The number of benzene rings is 2. The fourth-order valence-corrected chi connectivity index (χ4v) is 4.95. The van der Waals surface area contributed by atoms with E-state index in [4.69, 9.17) is 9.84 Å². The van der Waals surface area contributed by atoms with E-state index >= 15 is 0 Å². The van der Waals surface area contributed by atoms with E-state index in [1.54, 1.807) is 19.1 Å². The molecule has 1 aliphatic rings. The molecule has 1 aliphatic heterocycles. The summed E-state index contributed by atoms with van der Waals surface area (Å²) in [5.41, 5.74) is 2.40. The summed E-state index contributed by atoms with van der Waals surface area (Å²) in [4.78, 5) is 11.9. The lowest BCUT2D eigenvalue weighted by Crippen LogP contribution is -2.35. The Balaban J connectivity index is 1.74. The molecule has 0 aromatic heterocycles. The van der Waals surface area contributed by atoms with E-state index in [9.17, 15) is 13.2 Å². The minimum atomic E-state index is -3.69. The highest BCUT2D eigenvalue weighted by Gasteiger charge is 2.29. The van der Waals surface area contributed by atoms with E-state index in [0.29, 0.717) is 30.8 Å². The average Bonchev–Trinajstić information content (AvgIpc) is 2.72. The van der Waals surface area contributed by atoms with Crippen LogP contribution in [-0.2, 0) is 21.2 Å². The lowest BCUT2D eigenvalue weighted by molar-refractivity contribution is -0.123. The van der Waals surface area contributed by atoms with Crippen molar-refractivity contribution in [3.63, 3.8) is 0 Å². The Morgan fingerprint density at radius 1 is 1.24 bits per heavy atom. The molecular weight excluding hydrogens is 392 g/mol. The van der Waals surface area contributed by atoms with Crippen molar-refractivity contribution in [1.29, 1.82) is 0 Å². The maximum absolute atomic E-state index is 13.2. The normalized spacial score (nSPS) is 13.7. The van der Waals surface area contributed by atoms with Crippen LogP contribution in [0.4, 0.5) is 5.69 Å². The number of aryl methyl sites for hydroxylation is 2. The van der Waals surface area contributed by atoms with Crippen LogP contribution in [0.5, 0.6) is 5.75 Å². The summed E-state index contributed by atoms with van der Waals surface area (Å²) < 4.78 is 33.4. The first-order valence-electron chi connectivity index (χ1n) is 9.65. The van der Waals surface area contributed by atoms with Crippen LogP contribution in [0.15, 0.2) is 47.4 Å². The molecule has 0 saturated carbocycles. The zero-order valence-electron chi connectivity index (χ0n) is 16.4. The zero-order valence-corrected chi connectivity index (χ0v) is 17.2. The number of ether oxygens (including phenoxy) is 1. The monoisotopic (exact) mass is 418 g/mol. The molecule has 0 unspecified atom stereocenters. The standard InChI is InChI=1S/C21H26N2O5S/c1-16-14-18(9-10-20(16)28-15-21(25)22-11-5-13-24)29(26,27)23-12-4-7-17-6-2-3-8-19(17)23/h2-3,6,8-10,14,24H,4-5,7,11-13,15H2,1H3,(H,22,25).